The molecule has 0 atom stereocenters. The zero-order chi connectivity index (χ0) is 12.9. The highest BCUT2D eigenvalue weighted by Gasteiger charge is 2.15. The number of hydrogen-bond donors (Lipinski definition) is 1. The van der Waals surface area contributed by atoms with Gasteiger partial charge in [0.15, 0.2) is 0 Å². The summed E-state index contributed by atoms with van der Waals surface area (Å²) in [5, 5.41) is 14.0. The van der Waals surface area contributed by atoms with Gasteiger partial charge in [0.05, 0.1) is 4.92 Å². The Morgan fingerprint density at radius 2 is 1.88 bits per heavy atom. The van der Waals surface area contributed by atoms with Crippen molar-refractivity contribution in [3.05, 3.63) is 39.9 Å². The average molecular weight is 236 g/mol. The molecule has 0 unspecified atom stereocenters. The van der Waals surface area contributed by atoms with Crippen LogP contribution in [0.3, 0.4) is 0 Å². The summed E-state index contributed by atoms with van der Waals surface area (Å²) in [6, 6.07) is 6.69. The van der Waals surface area contributed by atoms with Crippen LogP contribution in [0.15, 0.2) is 24.3 Å². The molecule has 0 saturated heterocycles. The fourth-order valence-corrected chi connectivity index (χ4v) is 1.79. The summed E-state index contributed by atoms with van der Waals surface area (Å²) in [4.78, 5) is 10.1. The Hall–Kier alpha value is -1.42. The van der Waals surface area contributed by atoms with Crippen LogP contribution in [-0.4, -0.2) is 10.5 Å². The van der Waals surface area contributed by atoms with E-state index in [0.29, 0.717) is 0 Å². The average Bonchev–Trinajstić information content (AvgIpc) is 2.27. The van der Waals surface area contributed by atoms with Gasteiger partial charge in [0.1, 0.15) is 0 Å². The molecule has 0 radical (unpaired) electrons. The largest absolute Gasteiger partial charge is 0.308 e. The molecule has 0 amide bonds. The number of hydrogen-bond acceptors (Lipinski definition) is 3. The summed E-state index contributed by atoms with van der Waals surface area (Å²) in [7, 11) is 0. The van der Waals surface area contributed by atoms with Gasteiger partial charge in [0.2, 0.25) is 0 Å². The third kappa shape index (κ3) is 4.53. The molecule has 0 heterocycles. The normalized spacial score (nSPS) is 11.5. The molecule has 17 heavy (non-hydrogen) atoms. The first-order valence-corrected chi connectivity index (χ1v) is 5.93. The number of nitrogens with one attached hydrogen (secondary N) is 1. The zero-order valence-electron chi connectivity index (χ0n) is 10.7. The van der Waals surface area contributed by atoms with Crippen molar-refractivity contribution in [1.82, 2.24) is 5.32 Å². The van der Waals surface area contributed by atoms with Gasteiger partial charge in [-0.05, 0) is 25.8 Å². The maximum Gasteiger partial charge on any atom is 0.269 e. The number of nitrogens with zero attached hydrogens (tertiary/aromatic N) is 1. The Balaban J connectivity index is 2.55. The van der Waals surface area contributed by atoms with Crippen LogP contribution in [-0.2, 0) is 6.54 Å². The monoisotopic (exact) mass is 236 g/mol. The fraction of sp³-hybridized carbons (Fsp3) is 0.538. The van der Waals surface area contributed by atoms with Gasteiger partial charge >= 0.3 is 0 Å². The van der Waals surface area contributed by atoms with Crippen LogP contribution >= 0.6 is 0 Å². The summed E-state index contributed by atoms with van der Waals surface area (Å²) in [5.74, 6) is 0. The molecule has 0 bridgehead atoms. The van der Waals surface area contributed by atoms with Crippen LogP contribution in [0.1, 0.15) is 39.2 Å². The molecule has 1 rings (SSSR count). The van der Waals surface area contributed by atoms with Gasteiger partial charge in [0, 0.05) is 24.2 Å². The van der Waals surface area contributed by atoms with E-state index in [4.69, 9.17) is 0 Å². The van der Waals surface area contributed by atoms with Crippen LogP contribution < -0.4 is 5.32 Å². The van der Waals surface area contributed by atoms with E-state index in [1.54, 1.807) is 24.3 Å². The van der Waals surface area contributed by atoms with E-state index in [9.17, 15) is 10.1 Å². The van der Waals surface area contributed by atoms with E-state index in [1.165, 1.54) is 0 Å². The van der Waals surface area contributed by atoms with Gasteiger partial charge in [0.25, 0.3) is 5.69 Å². The highest BCUT2D eigenvalue weighted by atomic mass is 16.6. The van der Waals surface area contributed by atoms with E-state index >= 15 is 0 Å². The van der Waals surface area contributed by atoms with Gasteiger partial charge in [-0.15, -0.1) is 0 Å². The van der Waals surface area contributed by atoms with Crippen LogP contribution in [0, 0.1) is 10.1 Å². The summed E-state index contributed by atoms with van der Waals surface area (Å²) >= 11 is 0. The molecule has 1 N–H and O–H groups in total. The van der Waals surface area contributed by atoms with E-state index < -0.39 is 0 Å². The SMILES string of the molecule is CCCC(C)(C)NCc1ccc([N+](=O)[O-])cc1. The smallest absolute Gasteiger partial charge is 0.269 e. The molecule has 4 heteroatoms. The summed E-state index contributed by atoms with van der Waals surface area (Å²) in [6.45, 7) is 7.24. The first-order valence-electron chi connectivity index (χ1n) is 5.93. The molecule has 0 aliphatic rings. The minimum Gasteiger partial charge on any atom is -0.308 e. The lowest BCUT2D eigenvalue weighted by molar-refractivity contribution is -0.384. The maximum absolute atomic E-state index is 10.5. The predicted octanol–water partition coefficient (Wildman–Crippen LogP) is 3.26. The Bertz CT molecular complexity index is 372. The highest BCUT2D eigenvalue weighted by molar-refractivity contribution is 5.32. The molecule has 0 aliphatic heterocycles. The van der Waals surface area contributed by atoms with E-state index in [2.05, 4.69) is 26.1 Å². The summed E-state index contributed by atoms with van der Waals surface area (Å²) in [5.41, 5.74) is 1.32. The highest BCUT2D eigenvalue weighted by Crippen LogP contribution is 2.14. The van der Waals surface area contributed by atoms with E-state index in [1.807, 2.05) is 0 Å². The Morgan fingerprint density at radius 1 is 1.29 bits per heavy atom. The molecule has 1 aromatic rings. The quantitative estimate of drug-likeness (QED) is 0.609. The number of rotatable bonds is 6. The van der Waals surface area contributed by atoms with Crippen molar-refractivity contribution < 1.29 is 4.92 Å². The maximum atomic E-state index is 10.5. The number of benzene rings is 1. The van der Waals surface area contributed by atoms with Crippen molar-refractivity contribution in [2.24, 2.45) is 0 Å². The van der Waals surface area contributed by atoms with Crippen molar-refractivity contribution >= 4 is 5.69 Å². The van der Waals surface area contributed by atoms with Crippen LogP contribution in [0.2, 0.25) is 0 Å². The number of non-ortho nitro benzene ring substituents is 1. The Morgan fingerprint density at radius 3 is 2.35 bits per heavy atom. The second-order valence-corrected chi connectivity index (χ2v) is 4.91. The molecule has 4 nitrogen and oxygen atoms in total. The Kier molecular flexibility index (Phi) is 4.63. The van der Waals surface area contributed by atoms with Gasteiger partial charge in [-0.2, -0.15) is 0 Å². The third-order valence-corrected chi connectivity index (χ3v) is 2.79. The van der Waals surface area contributed by atoms with Gasteiger partial charge in [-0.1, -0.05) is 25.5 Å². The lowest BCUT2D eigenvalue weighted by Crippen LogP contribution is -2.38. The molecular weight excluding hydrogens is 216 g/mol. The lowest BCUT2D eigenvalue weighted by Gasteiger charge is -2.25. The Labute approximate surface area is 102 Å². The van der Waals surface area contributed by atoms with E-state index in [0.717, 1.165) is 24.9 Å². The first kappa shape index (κ1) is 13.6. The van der Waals surface area contributed by atoms with Gasteiger partial charge < -0.3 is 5.32 Å². The second kappa shape index (κ2) is 5.77. The van der Waals surface area contributed by atoms with Crippen molar-refractivity contribution in [2.75, 3.05) is 0 Å². The van der Waals surface area contributed by atoms with Crippen molar-refractivity contribution in [1.29, 1.82) is 0 Å². The fourth-order valence-electron chi connectivity index (χ4n) is 1.79. The zero-order valence-corrected chi connectivity index (χ0v) is 10.7. The van der Waals surface area contributed by atoms with Crippen molar-refractivity contribution in [3.63, 3.8) is 0 Å². The predicted molar refractivity (Wildman–Crippen MR) is 68.9 cm³/mol. The topological polar surface area (TPSA) is 55.2 Å². The number of nitro groups is 1. The molecule has 0 spiro atoms. The minimum absolute atomic E-state index is 0.108. The molecule has 1 aromatic carbocycles. The van der Waals surface area contributed by atoms with Crippen LogP contribution in [0.25, 0.3) is 0 Å². The molecule has 0 aliphatic carbocycles. The van der Waals surface area contributed by atoms with E-state index in [-0.39, 0.29) is 16.1 Å². The van der Waals surface area contributed by atoms with Crippen LogP contribution in [0.4, 0.5) is 5.69 Å². The lowest BCUT2D eigenvalue weighted by atomic mass is 9.98. The third-order valence-electron chi connectivity index (χ3n) is 2.79. The minimum atomic E-state index is -0.377. The number of nitro benzene ring substituents is 1. The van der Waals surface area contributed by atoms with Crippen molar-refractivity contribution in [3.8, 4) is 0 Å². The first-order chi connectivity index (χ1) is 7.94. The van der Waals surface area contributed by atoms with Crippen molar-refractivity contribution in [2.45, 2.75) is 45.7 Å². The molecule has 0 aromatic heterocycles. The summed E-state index contributed by atoms with van der Waals surface area (Å²) in [6.07, 6.45) is 2.25. The molecular formula is C13H20N2O2. The molecule has 0 fully saturated rings. The summed E-state index contributed by atoms with van der Waals surface area (Å²) < 4.78 is 0. The van der Waals surface area contributed by atoms with Gasteiger partial charge in [-0.25, -0.2) is 0 Å². The standard InChI is InChI=1S/C13H20N2O2/c1-4-9-13(2,3)14-10-11-5-7-12(8-6-11)15(16)17/h5-8,14H,4,9-10H2,1-3H3. The molecule has 0 saturated carbocycles. The van der Waals surface area contributed by atoms with Crippen LogP contribution in [0.5, 0.6) is 0 Å². The second-order valence-electron chi connectivity index (χ2n) is 4.91. The molecule has 94 valence electrons. The van der Waals surface area contributed by atoms with Gasteiger partial charge in [-0.3, -0.25) is 10.1 Å².